The Morgan fingerprint density at radius 2 is 2.30 bits per heavy atom. The van der Waals surface area contributed by atoms with Crippen molar-refractivity contribution in [3.63, 3.8) is 0 Å². The molecule has 0 radical (unpaired) electrons. The summed E-state index contributed by atoms with van der Waals surface area (Å²) in [5, 5.41) is 23.3. The van der Waals surface area contributed by atoms with Crippen molar-refractivity contribution in [3.8, 4) is 0 Å². The van der Waals surface area contributed by atoms with Gasteiger partial charge in [0.05, 0.1) is 4.92 Å². The van der Waals surface area contributed by atoms with Crippen LogP contribution in [-0.2, 0) is 16.1 Å². The number of carbonyl (C=O) groups excluding carboxylic acids is 1. The van der Waals surface area contributed by atoms with Gasteiger partial charge in [-0.25, -0.2) is 4.79 Å². The van der Waals surface area contributed by atoms with Crippen molar-refractivity contribution in [2.75, 3.05) is 0 Å². The molecular formula is C11H14N4O5. The number of aromatic nitrogens is 2. The van der Waals surface area contributed by atoms with Crippen LogP contribution in [0.4, 0.5) is 5.69 Å². The summed E-state index contributed by atoms with van der Waals surface area (Å²) in [7, 11) is 0. The maximum Gasteiger partial charge on any atom is 0.326 e. The first-order valence-electron chi connectivity index (χ1n) is 6.11. The number of hydrogen-bond donors (Lipinski definition) is 1. The molecule has 20 heavy (non-hydrogen) atoms. The molecule has 1 aliphatic rings. The summed E-state index contributed by atoms with van der Waals surface area (Å²) in [6, 6.07) is -0.973. The second kappa shape index (κ2) is 5.27. The van der Waals surface area contributed by atoms with E-state index in [0.29, 0.717) is 0 Å². The van der Waals surface area contributed by atoms with E-state index >= 15 is 0 Å². The molecule has 1 saturated carbocycles. The second-order valence-electron chi connectivity index (χ2n) is 4.70. The van der Waals surface area contributed by atoms with E-state index in [4.69, 9.17) is 5.11 Å². The minimum absolute atomic E-state index is 0.0563. The van der Waals surface area contributed by atoms with Gasteiger partial charge in [-0.05, 0) is 19.8 Å². The van der Waals surface area contributed by atoms with E-state index in [1.165, 1.54) is 11.8 Å². The van der Waals surface area contributed by atoms with E-state index < -0.39 is 22.8 Å². The zero-order chi connectivity index (χ0) is 14.9. The smallest absolute Gasteiger partial charge is 0.326 e. The van der Waals surface area contributed by atoms with Crippen LogP contribution in [0.1, 0.15) is 19.8 Å². The van der Waals surface area contributed by atoms with Crippen molar-refractivity contribution in [2.45, 2.75) is 38.4 Å². The van der Waals surface area contributed by atoms with E-state index in [0.717, 1.165) is 29.9 Å². The van der Waals surface area contributed by atoms with Crippen LogP contribution in [0.15, 0.2) is 12.4 Å². The van der Waals surface area contributed by atoms with Gasteiger partial charge in [-0.1, -0.05) is 0 Å². The predicted molar refractivity (Wildman–Crippen MR) is 65.8 cm³/mol. The fraction of sp³-hybridized carbons (Fsp3) is 0.545. The number of nitrogens with zero attached hydrogens (tertiary/aromatic N) is 4. The Kier molecular flexibility index (Phi) is 3.68. The summed E-state index contributed by atoms with van der Waals surface area (Å²) in [4.78, 5) is 34.4. The first kappa shape index (κ1) is 14.0. The highest BCUT2D eigenvalue weighted by molar-refractivity contribution is 5.83. The molecule has 1 aromatic heterocycles. The van der Waals surface area contributed by atoms with Gasteiger partial charge in [-0.15, -0.1) is 0 Å². The fourth-order valence-corrected chi connectivity index (χ4v) is 1.96. The minimum Gasteiger partial charge on any atom is -0.480 e. The van der Waals surface area contributed by atoms with Gasteiger partial charge >= 0.3 is 11.7 Å². The van der Waals surface area contributed by atoms with Gasteiger partial charge < -0.3 is 10.0 Å². The lowest BCUT2D eigenvalue weighted by Gasteiger charge is -2.26. The minimum atomic E-state index is -1.07. The number of carbonyl (C=O) groups is 2. The van der Waals surface area contributed by atoms with Crippen molar-refractivity contribution in [2.24, 2.45) is 0 Å². The summed E-state index contributed by atoms with van der Waals surface area (Å²) in [5.74, 6) is -1.47. The summed E-state index contributed by atoms with van der Waals surface area (Å²) in [5.41, 5.74) is -0.206. The number of hydrogen-bond acceptors (Lipinski definition) is 5. The van der Waals surface area contributed by atoms with E-state index in [-0.39, 0.29) is 18.3 Å². The molecule has 1 unspecified atom stereocenters. The van der Waals surface area contributed by atoms with Gasteiger partial charge in [0.2, 0.25) is 5.91 Å². The zero-order valence-electron chi connectivity index (χ0n) is 10.8. The third-order valence-electron chi connectivity index (χ3n) is 3.13. The van der Waals surface area contributed by atoms with Gasteiger partial charge in [-0.2, -0.15) is 5.10 Å². The highest BCUT2D eigenvalue weighted by atomic mass is 16.6. The first-order valence-corrected chi connectivity index (χ1v) is 6.11. The molecule has 0 bridgehead atoms. The van der Waals surface area contributed by atoms with Crippen LogP contribution in [0.5, 0.6) is 0 Å². The van der Waals surface area contributed by atoms with Crippen LogP contribution < -0.4 is 0 Å². The van der Waals surface area contributed by atoms with Crippen LogP contribution >= 0.6 is 0 Å². The lowest BCUT2D eigenvalue weighted by atomic mass is 10.2. The molecule has 1 N–H and O–H groups in total. The summed E-state index contributed by atoms with van der Waals surface area (Å²) < 4.78 is 1.14. The van der Waals surface area contributed by atoms with Gasteiger partial charge in [0, 0.05) is 6.04 Å². The van der Waals surface area contributed by atoms with Crippen molar-refractivity contribution in [1.29, 1.82) is 0 Å². The molecular weight excluding hydrogens is 268 g/mol. The molecule has 1 aromatic rings. The molecule has 1 aliphatic carbocycles. The van der Waals surface area contributed by atoms with E-state index in [2.05, 4.69) is 5.10 Å². The molecule has 0 saturated heterocycles. The molecule has 9 heteroatoms. The Labute approximate surface area is 113 Å². The molecule has 1 amide bonds. The van der Waals surface area contributed by atoms with E-state index in [1.54, 1.807) is 0 Å². The highest BCUT2D eigenvalue weighted by Gasteiger charge is 2.38. The van der Waals surface area contributed by atoms with E-state index in [9.17, 15) is 19.7 Å². The molecule has 2 rings (SSSR count). The summed E-state index contributed by atoms with van der Waals surface area (Å²) in [6.45, 7) is 1.24. The first-order chi connectivity index (χ1) is 9.40. The van der Waals surface area contributed by atoms with Crippen molar-refractivity contribution >= 4 is 17.6 Å². The Morgan fingerprint density at radius 3 is 2.75 bits per heavy atom. The van der Waals surface area contributed by atoms with Gasteiger partial charge in [0.1, 0.15) is 25.0 Å². The molecule has 0 spiro atoms. The largest absolute Gasteiger partial charge is 0.480 e. The van der Waals surface area contributed by atoms with Crippen LogP contribution in [-0.4, -0.2) is 48.7 Å². The second-order valence-corrected chi connectivity index (χ2v) is 4.70. The average molecular weight is 282 g/mol. The molecule has 9 nitrogen and oxygen atoms in total. The Morgan fingerprint density at radius 1 is 1.65 bits per heavy atom. The lowest BCUT2D eigenvalue weighted by Crippen LogP contribution is -2.46. The SMILES string of the molecule is CC(C(=O)O)N(C(=O)Cn1cc([N+](=O)[O-])cn1)C1CC1. The van der Waals surface area contributed by atoms with Crippen LogP contribution in [0.25, 0.3) is 0 Å². The molecule has 0 aliphatic heterocycles. The topological polar surface area (TPSA) is 119 Å². The Balaban J connectivity index is 2.08. The van der Waals surface area contributed by atoms with Crippen molar-refractivity contribution in [1.82, 2.24) is 14.7 Å². The third-order valence-corrected chi connectivity index (χ3v) is 3.13. The number of rotatable bonds is 6. The van der Waals surface area contributed by atoms with Crippen molar-refractivity contribution in [3.05, 3.63) is 22.5 Å². The zero-order valence-corrected chi connectivity index (χ0v) is 10.8. The normalized spacial score (nSPS) is 15.7. The quantitative estimate of drug-likeness (QED) is 0.590. The highest BCUT2D eigenvalue weighted by Crippen LogP contribution is 2.29. The monoisotopic (exact) mass is 282 g/mol. The summed E-state index contributed by atoms with van der Waals surface area (Å²) in [6.07, 6.45) is 3.76. The molecule has 1 heterocycles. The number of carboxylic acids is 1. The molecule has 0 aromatic carbocycles. The fourth-order valence-electron chi connectivity index (χ4n) is 1.96. The predicted octanol–water partition coefficient (Wildman–Crippen LogP) is 0.255. The maximum atomic E-state index is 12.2. The standard InChI is InChI=1S/C11H14N4O5/c1-7(11(17)18)14(8-2-3-8)10(16)6-13-5-9(4-12-13)15(19)20/h4-5,7-8H,2-3,6H2,1H3,(H,17,18). The van der Waals surface area contributed by atoms with Crippen LogP contribution in [0, 0.1) is 10.1 Å². The average Bonchev–Trinajstić information content (AvgIpc) is 3.07. The number of amides is 1. The van der Waals surface area contributed by atoms with Crippen molar-refractivity contribution < 1.29 is 19.6 Å². The summed E-state index contributed by atoms with van der Waals surface area (Å²) >= 11 is 0. The maximum absolute atomic E-state index is 12.2. The molecule has 1 fully saturated rings. The Bertz CT molecular complexity index is 551. The third kappa shape index (κ3) is 2.92. The lowest BCUT2D eigenvalue weighted by molar-refractivity contribution is -0.385. The molecule has 108 valence electrons. The van der Waals surface area contributed by atoms with Gasteiger partial charge in [-0.3, -0.25) is 19.6 Å². The number of aliphatic carboxylic acids is 1. The van der Waals surface area contributed by atoms with Crippen LogP contribution in [0.2, 0.25) is 0 Å². The molecule has 1 atom stereocenters. The Hall–Kier alpha value is -2.45. The number of nitro groups is 1. The van der Waals surface area contributed by atoms with Gasteiger partial charge in [0.15, 0.2) is 0 Å². The van der Waals surface area contributed by atoms with E-state index in [1.807, 2.05) is 0 Å². The van der Waals surface area contributed by atoms with Gasteiger partial charge in [0.25, 0.3) is 0 Å². The number of carboxylic acid groups (broad SMARTS) is 1. The van der Waals surface area contributed by atoms with Crippen LogP contribution in [0.3, 0.4) is 0 Å².